The molecule has 0 aliphatic carbocycles. The molecule has 82 valence electrons. The number of benzene rings is 1. The van der Waals surface area contributed by atoms with Gasteiger partial charge in [0.15, 0.2) is 0 Å². The van der Waals surface area contributed by atoms with Crippen molar-refractivity contribution in [3.63, 3.8) is 0 Å². The normalized spacial score (nSPS) is 10.1. The number of rotatable bonds is 2. The zero-order valence-electron chi connectivity index (χ0n) is 8.64. The summed E-state index contributed by atoms with van der Waals surface area (Å²) in [5.74, 6) is -0.152. The van der Waals surface area contributed by atoms with E-state index in [0.29, 0.717) is 5.69 Å². The van der Waals surface area contributed by atoms with Crippen molar-refractivity contribution >= 4 is 34.2 Å². The molecule has 0 atom stereocenters. The number of hydrogen-bond acceptors (Lipinski definition) is 2. The maximum atomic E-state index is 11.8. The molecule has 0 unspecified atom stereocenters. The molecule has 0 radical (unpaired) electrons. The quantitative estimate of drug-likeness (QED) is 0.861. The molecule has 2 aromatic rings. The van der Waals surface area contributed by atoms with Crippen LogP contribution in [0.4, 0.5) is 5.69 Å². The lowest BCUT2D eigenvalue weighted by molar-refractivity contribution is 0.101. The van der Waals surface area contributed by atoms with Gasteiger partial charge in [-0.3, -0.25) is 4.79 Å². The average molecular weight is 327 g/mol. The highest BCUT2D eigenvalue weighted by Gasteiger charge is 2.09. The molecule has 1 aromatic heterocycles. The Morgan fingerprint density at radius 3 is 2.62 bits per heavy atom. The van der Waals surface area contributed by atoms with E-state index in [4.69, 9.17) is 0 Å². The molecule has 2 rings (SSSR count). The van der Waals surface area contributed by atoms with Crippen LogP contribution in [0.1, 0.15) is 10.5 Å². The first-order valence-electron chi connectivity index (χ1n) is 4.70. The third-order valence-electron chi connectivity index (χ3n) is 2.15. The third kappa shape index (κ3) is 2.41. The zero-order valence-corrected chi connectivity index (χ0v) is 10.8. The van der Waals surface area contributed by atoms with E-state index >= 15 is 0 Å². The van der Waals surface area contributed by atoms with Crippen LogP contribution in [0, 0.1) is 3.57 Å². The summed E-state index contributed by atoms with van der Waals surface area (Å²) >= 11 is 2.22. The first-order valence-corrected chi connectivity index (χ1v) is 5.78. The topological polar surface area (TPSA) is 46.9 Å². The summed E-state index contributed by atoms with van der Waals surface area (Å²) < 4.78 is 2.82. The summed E-state index contributed by atoms with van der Waals surface area (Å²) in [6.07, 6.45) is 3.14. The van der Waals surface area contributed by atoms with Crippen LogP contribution in [0.3, 0.4) is 0 Å². The van der Waals surface area contributed by atoms with E-state index in [0.717, 1.165) is 9.26 Å². The maximum Gasteiger partial charge on any atom is 0.273 e. The molecule has 0 aliphatic heterocycles. The molecule has 0 saturated heterocycles. The molecule has 16 heavy (non-hydrogen) atoms. The highest BCUT2D eigenvalue weighted by molar-refractivity contribution is 14.1. The molecule has 4 nitrogen and oxygen atoms in total. The summed E-state index contributed by atoms with van der Waals surface area (Å²) in [4.78, 5) is 15.7. The van der Waals surface area contributed by atoms with Crippen molar-refractivity contribution in [2.45, 2.75) is 0 Å². The molecule has 1 heterocycles. The van der Waals surface area contributed by atoms with Gasteiger partial charge in [-0.15, -0.1) is 0 Å². The molecule has 0 spiro atoms. The van der Waals surface area contributed by atoms with Crippen molar-refractivity contribution in [1.29, 1.82) is 0 Å². The van der Waals surface area contributed by atoms with Crippen LogP contribution in [0.25, 0.3) is 0 Å². The van der Waals surface area contributed by atoms with E-state index in [1.807, 2.05) is 24.3 Å². The smallest absolute Gasteiger partial charge is 0.273 e. The average Bonchev–Trinajstić information content (AvgIpc) is 2.68. The van der Waals surface area contributed by atoms with Crippen LogP contribution in [0.2, 0.25) is 0 Å². The van der Waals surface area contributed by atoms with Gasteiger partial charge < -0.3 is 9.88 Å². The number of amides is 1. The summed E-state index contributed by atoms with van der Waals surface area (Å²) in [5.41, 5.74) is 1.32. The minimum Gasteiger partial charge on any atom is -0.330 e. The number of nitrogens with one attached hydrogen (secondary N) is 1. The number of aryl methyl sites for hydroxylation is 1. The fourth-order valence-corrected chi connectivity index (χ4v) is 1.66. The summed E-state index contributed by atoms with van der Waals surface area (Å²) in [5, 5.41) is 2.81. The molecule has 0 saturated carbocycles. The Morgan fingerprint density at radius 2 is 2.06 bits per heavy atom. The van der Waals surface area contributed by atoms with E-state index in [2.05, 4.69) is 32.9 Å². The number of anilines is 1. The van der Waals surface area contributed by atoms with Gasteiger partial charge in [0.05, 0.1) is 12.5 Å². The van der Waals surface area contributed by atoms with Crippen molar-refractivity contribution in [2.75, 3.05) is 5.32 Å². The molecule has 0 fully saturated rings. The minimum absolute atomic E-state index is 0.152. The van der Waals surface area contributed by atoms with Crippen molar-refractivity contribution < 1.29 is 4.79 Å². The van der Waals surface area contributed by atoms with E-state index in [1.165, 1.54) is 0 Å². The van der Waals surface area contributed by atoms with E-state index in [-0.39, 0.29) is 5.91 Å². The van der Waals surface area contributed by atoms with Gasteiger partial charge in [-0.1, -0.05) is 0 Å². The monoisotopic (exact) mass is 327 g/mol. The fraction of sp³-hybridized carbons (Fsp3) is 0.0909. The van der Waals surface area contributed by atoms with E-state index in [1.54, 1.807) is 24.1 Å². The molecular formula is C11H10IN3O. The number of imidazole rings is 1. The van der Waals surface area contributed by atoms with Crippen molar-refractivity contribution in [3.8, 4) is 0 Å². The predicted octanol–water partition coefficient (Wildman–Crippen LogP) is 2.28. The maximum absolute atomic E-state index is 11.8. The van der Waals surface area contributed by atoms with Crippen LogP contribution < -0.4 is 5.32 Å². The number of aromatic nitrogens is 2. The molecule has 1 N–H and O–H groups in total. The van der Waals surface area contributed by atoms with Crippen molar-refractivity contribution in [2.24, 2.45) is 7.05 Å². The van der Waals surface area contributed by atoms with Gasteiger partial charge in [-0.25, -0.2) is 4.98 Å². The number of carbonyl (C=O) groups is 1. The van der Waals surface area contributed by atoms with Gasteiger partial charge in [0.25, 0.3) is 5.91 Å². The highest BCUT2D eigenvalue weighted by Crippen LogP contribution is 2.12. The van der Waals surface area contributed by atoms with Crippen LogP contribution in [0.5, 0.6) is 0 Å². The van der Waals surface area contributed by atoms with Gasteiger partial charge >= 0.3 is 0 Å². The van der Waals surface area contributed by atoms with Gasteiger partial charge in [0.2, 0.25) is 0 Å². The van der Waals surface area contributed by atoms with Crippen LogP contribution in [-0.4, -0.2) is 15.5 Å². The molecule has 1 amide bonds. The SMILES string of the molecule is Cn1cncc1C(=O)Nc1ccc(I)cc1. The Bertz CT molecular complexity index is 504. The predicted molar refractivity (Wildman–Crippen MR) is 70.3 cm³/mol. The molecule has 5 heteroatoms. The lowest BCUT2D eigenvalue weighted by atomic mass is 10.3. The Balaban J connectivity index is 2.14. The second-order valence-corrected chi connectivity index (χ2v) is 4.60. The van der Waals surface area contributed by atoms with Gasteiger partial charge in [-0.05, 0) is 46.9 Å². The Morgan fingerprint density at radius 1 is 1.38 bits per heavy atom. The first-order chi connectivity index (χ1) is 7.66. The van der Waals surface area contributed by atoms with Crippen LogP contribution in [-0.2, 0) is 7.05 Å². The first kappa shape index (κ1) is 11.1. The summed E-state index contributed by atoms with van der Waals surface area (Å²) in [6, 6.07) is 7.63. The van der Waals surface area contributed by atoms with Crippen molar-refractivity contribution in [1.82, 2.24) is 9.55 Å². The van der Waals surface area contributed by atoms with E-state index < -0.39 is 0 Å². The number of nitrogens with zero attached hydrogens (tertiary/aromatic N) is 2. The second kappa shape index (κ2) is 4.65. The number of carbonyl (C=O) groups excluding carboxylic acids is 1. The largest absolute Gasteiger partial charge is 0.330 e. The molecule has 0 aliphatic rings. The Hall–Kier alpha value is -1.37. The summed E-state index contributed by atoms with van der Waals surface area (Å²) in [7, 11) is 1.79. The Labute approximate surface area is 107 Å². The minimum atomic E-state index is -0.152. The van der Waals surface area contributed by atoms with E-state index in [9.17, 15) is 4.79 Å². The van der Waals surface area contributed by atoms with Crippen LogP contribution >= 0.6 is 22.6 Å². The second-order valence-electron chi connectivity index (χ2n) is 3.35. The molecule has 1 aromatic carbocycles. The molecular weight excluding hydrogens is 317 g/mol. The number of hydrogen-bond donors (Lipinski definition) is 1. The van der Waals surface area contributed by atoms with Gasteiger partial charge in [0.1, 0.15) is 5.69 Å². The van der Waals surface area contributed by atoms with Crippen LogP contribution in [0.15, 0.2) is 36.8 Å². The Kier molecular flexibility index (Phi) is 3.23. The van der Waals surface area contributed by atoms with Crippen molar-refractivity contribution in [3.05, 3.63) is 46.1 Å². The van der Waals surface area contributed by atoms with Gasteiger partial charge in [-0.2, -0.15) is 0 Å². The zero-order chi connectivity index (χ0) is 11.5. The highest BCUT2D eigenvalue weighted by atomic mass is 127. The third-order valence-corrected chi connectivity index (χ3v) is 2.87. The fourth-order valence-electron chi connectivity index (χ4n) is 1.30. The lowest BCUT2D eigenvalue weighted by Gasteiger charge is -2.05. The summed E-state index contributed by atoms with van der Waals surface area (Å²) in [6.45, 7) is 0. The number of halogens is 1. The standard InChI is InChI=1S/C11H10IN3O/c1-15-7-13-6-10(15)11(16)14-9-4-2-8(12)3-5-9/h2-7H,1H3,(H,14,16). The van der Waals surface area contributed by atoms with Gasteiger partial charge in [0, 0.05) is 16.3 Å². The molecule has 0 bridgehead atoms. The lowest BCUT2D eigenvalue weighted by Crippen LogP contribution is -2.15.